The SMILES string of the molecule is CC(C)C(NC(=O)C(N)Cc1ccccc1)C(=O)N[C@@H](Cc1c[nH]c2ccccc12)C(=O)O. The van der Waals surface area contributed by atoms with E-state index in [9.17, 15) is 19.5 Å². The van der Waals surface area contributed by atoms with Crippen molar-refractivity contribution in [1.29, 1.82) is 0 Å². The van der Waals surface area contributed by atoms with Gasteiger partial charge in [0.2, 0.25) is 11.8 Å². The first-order chi connectivity index (χ1) is 15.8. The number of fused-ring (bicyclic) bond motifs is 1. The standard InChI is InChI=1S/C25H30N4O4/c1-15(2)22(29-23(30)19(26)12-16-8-4-3-5-9-16)24(31)28-21(25(32)33)13-17-14-27-20-11-7-6-10-18(17)20/h3-11,14-15,19,21-22,27H,12-13,26H2,1-2H3,(H,28,31)(H,29,30)(H,32,33)/t19?,21-,22?/m0/s1. The van der Waals surface area contributed by atoms with Crippen LogP contribution in [0.2, 0.25) is 0 Å². The number of aromatic amines is 1. The van der Waals surface area contributed by atoms with Gasteiger partial charge in [-0.2, -0.15) is 0 Å². The Morgan fingerprint density at radius 1 is 0.939 bits per heavy atom. The second kappa shape index (κ2) is 10.8. The fourth-order valence-electron chi connectivity index (χ4n) is 3.74. The Hall–Kier alpha value is -3.65. The van der Waals surface area contributed by atoms with Crippen LogP contribution in [0, 0.1) is 5.92 Å². The van der Waals surface area contributed by atoms with Gasteiger partial charge in [-0.1, -0.05) is 62.4 Å². The largest absolute Gasteiger partial charge is 0.480 e. The van der Waals surface area contributed by atoms with E-state index >= 15 is 0 Å². The van der Waals surface area contributed by atoms with Gasteiger partial charge in [0, 0.05) is 23.5 Å². The molecule has 2 aromatic carbocycles. The van der Waals surface area contributed by atoms with Gasteiger partial charge in [0.1, 0.15) is 12.1 Å². The normalized spacial score (nSPS) is 13.9. The highest BCUT2D eigenvalue weighted by atomic mass is 16.4. The fraction of sp³-hybridized carbons (Fsp3) is 0.320. The zero-order chi connectivity index (χ0) is 24.0. The van der Waals surface area contributed by atoms with Crippen LogP contribution < -0.4 is 16.4 Å². The molecule has 0 aliphatic rings. The van der Waals surface area contributed by atoms with Crippen LogP contribution in [0.4, 0.5) is 0 Å². The highest BCUT2D eigenvalue weighted by molar-refractivity contribution is 5.92. The van der Waals surface area contributed by atoms with Crippen LogP contribution in [-0.4, -0.2) is 46.0 Å². The molecule has 2 unspecified atom stereocenters. The maximum Gasteiger partial charge on any atom is 0.326 e. The molecule has 0 bridgehead atoms. The van der Waals surface area contributed by atoms with Crippen molar-refractivity contribution >= 4 is 28.7 Å². The van der Waals surface area contributed by atoms with Gasteiger partial charge >= 0.3 is 5.97 Å². The van der Waals surface area contributed by atoms with Gasteiger partial charge in [0.05, 0.1) is 6.04 Å². The molecule has 0 radical (unpaired) electrons. The number of carboxylic acids is 1. The third kappa shape index (κ3) is 6.20. The van der Waals surface area contributed by atoms with Crippen molar-refractivity contribution < 1.29 is 19.5 Å². The summed E-state index contributed by atoms with van der Waals surface area (Å²) in [5.74, 6) is -2.43. The van der Waals surface area contributed by atoms with Crippen LogP contribution in [0.5, 0.6) is 0 Å². The number of H-pyrrole nitrogens is 1. The number of carbonyl (C=O) groups excluding carboxylic acids is 2. The zero-order valence-corrected chi connectivity index (χ0v) is 18.7. The van der Waals surface area contributed by atoms with Gasteiger partial charge in [0.15, 0.2) is 0 Å². The van der Waals surface area contributed by atoms with Crippen LogP contribution in [0.3, 0.4) is 0 Å². The molecule has 2 amide bonds. The summed E-state index contributed by atoms with van der Waals surface area (Å²) in [5, 5.41) is 15.9. The van der Waals surface area contributed by atoms with Gasteiger partial charge in [0.25, 0.3) is 0 Å². The summed E-state index contributed by atoms with van der Waals surface area (Å²) in [7, 11) is 0. The van der Waals surface area contributed by atoms with Gasteiger partial charge in [-0.15, -0.1) is 0 Å². The number of aliphatic carboxylic acids is 1. The highest BCUT2D eigenvalue weighted by Gasteiger charge is 2.30. The van der Waals surface area contributed by atoms with Crippen molar-refractivity contribution in [1.82, 2.24) is 15.6 Å². The van der Waals surface area contributed by atoms with E-state index in [1.165, 1.54) is 0 Å². The lowest BCUT2D eigenvalue weighted by Crippen LogP contribution is -2.56. The molecule has 0 saturated heterocycles. The summed E-state index contributed by atoms with van der Waals surface area (Å²) < 4.78 is 0. The van der Waals surface area contributed by atoms with Gasteiger partial charge in [-0.3, -0.25) is 9.59 Å². The van der Waals surface area contributed by atoms with E-state index in [4.69, 9.17) is 5.73 Å². The summed E-state index contributed by atoms with van der Waals surface area (Å²) in [6, 6.07) is 14.0. The molecular weight excluding hydrogens is 420 g/mol. The molecule has 8 nitrogen and oxygen atoms in total. The minimum Gasteiger partial charge on any atom is -0.480 e. The van der Waals surface area contributed by atoms with Crippen molar-refractivity contribution in [3.63, 3.8) is 0 Å². The molecule has 3 rings (SSSR count). The molecule has 8 heteroatoms. The summed E-state index contributed by atoms with van der Waals surface area (Å²) in [4.78, 5) is 40.6. The van der Waals surface area contributed by atoms with Gasteiger partial charge < -0.3 is 26.5 Å². The molecular formula is C25H30N4O4. The Bertz CT molecular complexity index is 1110. The van der Waals surface area contributed by atoms with Crippen molar-refractivity contribution in [3.05, 3.63) is 71.9 Å². The number of rotatable bonds is 10. The summed E-state index contributed by atoms with van der Waals surface area (Å²) >= 11 is 0. The van der Waals surface area contributed by atoms with E-state index in [1.807, 2.05) is 54.6 Å². The highest BCUT2D eigenvalue weighted by Crippen LogP contribution is 2.19. The maximum atomic E-state index is 13.0. The van der Waals surface area contributed by atoms with Crippen LogP contribution >= 0.6 is 0 Å². The van der Waals surface area contributed by atoms with E-state index in [2.05, 4.69) is 15.6 Å². The van der Waals surface area contributed by atoms with E-state index in [0.717, 1.165) is 22.0 Å². The lowest BCUT2D eigenvalue weighted by atomic mass is 10.00. The van der Waals surface area contributed by atoms with Crippen LogP contribution in [0.25, 0.3) is 10.9 Å². The number of carbonyl (C=O) groups is 3. The molecule has 33 heavy (non-hydrogen) atoms. The fourth-order valence-corrected chi connectivity index (χ4v) is 3.74. The molecule has 1 heterocycles. The number of hydrogen-bond donors (Lipinski definition) is 5. The van der Waals surface area contributed by atoms with Crippen molar-refractivity contribution in [2.24, 2.45) is 11.7 Å². The molecule has 0 aliphatic carbocycles. The average molecular weight is 451 g/mol. The number of benzene rings is 2. The molecule has 1 aromatic heterocycles. The number of para-hydroxylation sites is 1. The number of amides is 2. The van der Waals surface area contributed by atoms with Crippen LogP contribution in [-0.2, 0) is 27.2 Å². The Morgan fingerprint density at radius 3 is 2.27 bits per heavy atom. The Morgan fingerprint density at radius 2 is 1.61 bits per heavy atom. The Labute approximate surface area is 192 Å². The number of nitrogens with two attached hydrogens (primary N) is 1. The van der Waals surface area contributed by atoms with E-state index < -0.39 is 35.9 Å². The van der Waals surface area contributed by atoms with E-state index in [-0.39, 0.29) is 12.3 Å². The first kappa shape index (κ1) is 24.0. The monoisotopic (exact) mass is 450 g/mol. The predicted octanol–water partition coefficient (Wildman–Crippen LogP) is 1.99. The molecule has 0 saturated carbocycles. The summed E-state index contributed by atoms with van der Waals surface area (Å²) in [5.41, 5.74) is 8.64. The minimum absolute atomic E-state index is 0.109. The zero-order valence-electron chi connectivity index (χ0n) is 18.7. The molecule has 0 fully saturated rings. The third-order valence-electron chi connectivity index (χ3n) is 5.60. The van der Waals surface area contributed by atoms with Gasteiger partial charge in [-0.25, -0.2) is 4.79 Å². The number of hydrogen-bond acceptors (Lipinski definition) is 4. The Balaban J connectivity index is 1.67. The van der Waals surface area contributed by atoms with Crippen molar-refractivity contribution in [2.75, 3.05) is 0 Å². The maximum absolute atomic E-state index is 13.0. The topological polar surface area (TPSA) is 137 Å². The smallest absolute Gasteiger partial charge is 0.326 e. The van der Waals surface area contributed by atoms with Crippen LogP contribution in [0.15, 0.2) is 60.8 Å². The van der Waals surface area contributed by atoms with Gasteiger partial charge in [-0.05, 0) is 29.5 Å². The first-order valence-corrected chi connectivity index (χ1v) is 10.9. The number of nitrogens with one attached hydrogen (secondary N) is 3. The van der Waals surface area contributed by atoms with Crippen molar-refractivity contribution in [2.45, 2.75) is 44.8 Å². The minimum atomic E-state index is -1.15. The Kier molecular flexibility index (Phi) is 7.84. The number of carboxylic acid groups (broad SMARTS) is 1. The molecule has 0 aliphatic heterocycles. The van der Waals surface area contributed by atoms with E-state index in [0.29, 0.717) is 6.42 Å². The summed E-state index contributed by atoms with van der Waals surface area (Å²) in [6.45, 7) is 3.56. The molecule has 6 N–H and O–H groups in total. The summed E-state index contributed by atoms with van der Waals surface area (Å²) in [6.07, 6.45) is 2.19. The second-order valence-electron chi connectivity index (χ2n) is 8.49. The van der Waals surface area contributed by atoms with E-state index in [1.54, 1.807) is 20.0 Å². The van der Waals surface area contributed by atoms with Crippen molar-refractivity contribution in [3.8, 4) is 0 Å². The molecule has 3 aromatic rings. The molecule has 174 valence electrons. The molecule has 3 atom stereocenters. The third-order valence-corrected chi connectivity index (χ3v) is 5.60. The average Bonchev–Trinajstić information content (AvgIpc) is 3.20. The number of aromatic nitrogens is 1. The predicted molar refractivity (Wildman–Crippen MR) is 126 cm³/mol. The lowest BCUT2D eigenvalue weighted by Gasteiger charge is -2.25. The quantitative estimate of drug-likeness (QED) is 0.322. The van der Waals surface area contributed by atoms with Crippen LogP contribution in [0.1, 0.15) is 25.0 Å². The second-order valence-corrected chi connectivity index (χ2v) is 8.49. The lowest BCUT2D eigenvalue weighted by molar-refractivity contribution is -0.142. The first-order valence-electron chi connectivity index (χ1n) is 10.9. The molecule has 0 spiro atoms.